The molecule has 0 N–H and O–H groups in total. The summed E-state index contributed by atoms with van der Waals surface area (Å²) in [7, 11) is 0. The van der Waals surface area contributed by atoms with Gasteiger partial charge in [0.05, 0.1) is 0 Å². The SMILES string of the molecule is CC1C=C(SCC2CC=CCC2)C=NC1. The summed E-state index contributed by atoms with van der Waals surface area (Å²) < 4.78 is 0. The van der Waals surface area contributed by atoms with E-state index in [4.69, 9.17) is 0 Å². The van der Waals surface area contributed by atoms with Gasteiger partial charge < -0.3 is 0 Å². The number of rotatable bonds is 3. The van der Waals surface area contributed by atoms with Crippen LogP contribution in [0.5, 0.6) is 0 Å². The van der Waals surface area contributed by atoms with Crippen LogP contribution in [-0.4, -0.2) is 18.5 Å². The lowest BCUT2D eigenvalue weighted by atomic mass is 9.97. The second kappa shape index (κ2) is 5.55. The fourth-order valence-electron chi connectivity index (χ4n) is 1.99. The molecule has 1 nitrogen and oxygen atoms in total. The third-order valence-corrected chi connectivity index (χ3v) is 4.14. The van der Waals surface area contributed by atoms with E-state index in [0.717, 1.165) is 12.5 Å². The summed E-state index contributed by atoms with van der Waals surface area (Å²) in [6, 6.07) is 0. The molecule has 0 aromatic rings. The minimum atomic E-state index is 0.628. The second-order valence-electron chi connectivity index (χ2n) is 4.50. The zero-order valence-corrected chi connectivity index (χ0v) is 10.2. The van der Waals surface area contributed by atoms with Gasteiger partial charge in [0.2, 0.25) is 0 Å². The summed E-state index contributed by atoms with van der Waals surface area (Å²) in [6.45, 7) is 3.20. The fourth-order valence-corrected chi connectivity index (χ4v) is 3.20. The van der Waals surface area contributed by atoms with Crippen LogP contribution in [0, 0.1) is 11.8 Å². The van der Waals surface area contributed by atoms with Crippen molar-refractivity contribution in [3.05, 3.63) is 23.1 Å². The number of hydrogen-bond donors (Lipinski definition) is 0. The first-order valence-corrected chi connectivity index (χ1v) is 6.82. The highest BCUT2D eigenvalue weighted by Gasteiger charge is 2.12. The van der Waals surface area contributed by atoms with Gasteiger partial charge >= 0.3 is 0 Å². The van der Waals surface area contributed by atoms with Crippen molar-refractivity contribution >= 4 is 18.0 Å². The minimum Gasteiger partial charge on any atom is -0.291 e. The standard InChI is InChI=1S/C13H19NS/c1-11-7-13(9-14-8-11)15-10-12-5-3-2-4-6-12/h2-3,7,9,11-12H,4-6,8,10H2,1H3. The molecule has 2 rings (SSSR count). The van der Waals surface area contributed by atoms with Gasteiger partial charge in [0.15, 0.2) is 0 Å². The van der Waals surface area contributed by atoms with Crippen LogP contribution in [0.2, 0.25) is 0 Å². The predicted octanol–water partition coefficient (Wildman–Crippen LogP) is 3.68. The quantitative estimate of drug-likeness (QED) is 0.662. The van der Waals surface area contributed by atoms with Crippen LogP contribution < -0.4 is 0 Å². The first kappa shape index (κ1) is 11.0. The van der Waals surface area contributed by atoms with Crippen molar-refractivity contribution in [2.45, 2.75) is 26.2 Å². The molecular weight excluding hydrogens is 202 g/mol. The Morgan fingerprint density at radius 1 is 1.47 bits per heavy atom. The Morgan fingerprint density at radius 3 is 3.13 bits per heavy atom. The number of thioether (sulfide) groups is 1. The Morgan fingerprint density at radius 2 is 2.40 bits per heavy atom. The molecule has 0 amide bonds. The average Bonchev–Trinajstić information content (AvgIpc) is 2.28. The number of nitrogens with zero attached hydrogens (tertiary/aromatic N) is 1. The highest BCUT2D eigenvalue weighted by Crippen LogP contribution is 2.27. The van der Waals surface area contributed by atoms with Crippen molar-refractivity contribution in [2.75, 3.05) is 12.3 Å². The third-order valence-electron chi connectivity index (χ3n) is 2.92. The minimum absolute atomic E-state index is 0.628. The molecule has 0 spiro atoms. The van der Waals surface area contributed by atoms with Gasteiger partial charge in [0.1, 0.15) is 0 Å². The largest absolute Gasteiger partial charge is 0.291 e. The van der Waals surface area contributed by atoms with Crippen LogP contribution >= 0.6 is 11.8 Å². The van der Waals surface area contributed by atoms with Crippen molar-refractivity contribution in [2.24, 2.45) is 16.8 Å². The van der Waals surface area contributed by atoms with Crippen LogP contribution in [0.1, 0.15) is 26.2 Å². The Kier molecular flexibility index (Phi) is 4.07. The molecule has 0 fully saturated rings. The van der Waals surface area contributed by atoms with Gasteiger partial charge in [0, 0.05) is 23.4 Å². The summed E-state index contributed by atoms with van der Waals surface area (Å²) in [6.07, 6.45) is 13.0. The summed E-state index contributed by atoms with van der Waals surface area (Å²) in [4.78, 5) is 5.75. The first-order chi connectivity index (χ1) is 7.34. The molecule has 15 heavy (non-hydrogen) atoms. The molecule has 2 heteroatoms. The van der Waals surface area contributed by atoms with Crippen LogP contribution in [0.3, 0.4) is 0 Å². The third kappa shape index (κ3) is 3.53. The number of allylic oxidation sites excluding steroid dienone is 3. The summed E-state index contributed by atoms with van der Waals surface area (Å²) >= 11 is 1.99. The topological polar surface area (TPSA) is 12.4 Å². The first-order valence-electron chi connectivity index (χ1n) is 5.84. The molecule has 1 aliphatic carbocycles. The summed E-state index contributed by atoms with van der Waals surface area (Å²) in [5, 5.41) is 0. The lowest BCUT2D eigenvalue weighted by Crippen LogP contribution is -2.07. The van der Waals surface area contributed by atoms with Crippen LogP contribution in [0.4, 0.5) is 0 Å². The van der Waals surface area contributed by atoms with Crippen molar-refractivity contribution < 1.29 is 0 Å². The fraction of sp³-hybridized carbons (Fsp3) is 0.615. The number of dihydropyridines is 1. The summed E-state index contributed by atoms with van der Waals surface area (Å²) in [5.41, 5.74) is 0. The van der Waals surface area contributed by atoms with Crippen LogP contribution in [0.15, 0.2) is 28.1 Å². The number of hydrogen-bond acceptors (Lipinski definition) is 2. The molecule has 82 valence electrons. The van der Waals surface area contributed by atoms with Gasteiger partial charge in [0.25, 0.3) is 0 Å². The Hall–Kier alpha value is -0.500. The van der Waals surface area contributed by atoms with E-state index in [9.17, 15) is 0 Å². The van der Waals surface area contributed by atoms with E-state index in [-0.39, 0.29) is 0 Å². The van der Waals surface area contributed by atoms with E-state index in [1.54, 1.807) is 0 Å². The van der Waals surface area contributed by atoms with E-state index in [2.05, 4.69) is 30.1 Å². The van der Waals surface area contributed by atoms with Crippen molar-refractivity contribution in [3.63, 3.8) is 0 Å². The maximum absolute atomic E-state index is 4.38. The highest BCUT2D eigenvalue weighted by molar-refractivity contribution is 8.03. The van der Waals surface area contributed by atoms with Crippen molar-refractivity contribution in [1.82, 2.24) is 0 Å². The van der Waals surface area contributed by atoms with Gasteiger partial charge in [-0.15, -0.1) is 11.8 Å². The van der Waals surface area contributed by atoms with E-state index in [0.29, 0.717) is 5.92 Å². The lowest BCUT2D eigenvalue weighted by Gasteiger charge is -2.18. The Bertz CT molecular complexity index is 291. The Balaban J connectivity index is 1.77. The molecule has 0 radical (unpaired) electrons. The molecule has 0 saturated carbocycles. The predicted molar refractivity (Wildman–Crippen MR) is 69.5 cm³/mol. The molecule has 2 aliphatic rings. The van der Waals surface area contributed by atoms with Gasteiger partial charge in [-0.2, -0.15) is 0 Å². The van der Waals surface area contributed by atoms with E-state index < -0.39 is 0 Å². The zero-order chi connectivity index (χ0) is 10.5. The van der Waals surface area contributed by atoms with E-state index in [1.807, 2.05) is 18.0 Å². The molecule has 1 heterocycles. The molecule has 1 aliphatic heterocycles. The maximum Gasteiger partial charge on any atom is 0.0450 e. The molecule has 0 bridgehead atoms. The summed E-state index contributed by atoms with van der Waals surface area (Å²) in [5.74, 6) is 2.77. The van der Waals surface area contributed by atoms with Crippen LogP contribution in [-0.2, 0) is 0 Å². The van der Waals surface area contributed by atoms with E-state index in [1.165, 1.54) is 29.9 Å². The lowest BCUT2D eigenvalue weighted by molar-refractivity contribution is 0.536. The zero-order valence-electron chi connectivity index (χ0n) is 9.36. The van der Waals surface area contributed by atoms with Crippen molar-refractivity contribution in [1.29, 1.82) is 0 Å². The molecule has 2 atom stereocenters. The second-order valence-corrected chi connectivity index (χ2v) is 5.60. The van der Waals surface area contributed by atoms with Gasteiger partial charge in [-0.25, -0.2) is 0 Å². The maximum atomic E-state index is 4.38. The molecular formula is C13H19NS. The van der Waals surface area contributed by atoms with Gasteiger partial charge in [-0.3, -0.25) is 4.99 Å². The Labute approximate surface area is 96.7 Å². The van der Waals surface area contributed by atoms with Gasteiger partial charge in [-0.1, -0.05) is 25.2 Å². The normalized spacial score (nSPS) is 30.3. The van der Waals surface area contributed by atoms with Crippen LogP contribution in [0.25, 0.3) is 0 Å². The monoisotopic (exact) mass is 221 g/mol. The molecule has 0 aromatic carbocycles. The van der Waals surface area contributed by atoms with E-state index >= 15 is 0 Å². The molecule has 0 saturated heterocycles. The average molecular weight is 221 g/mol. The van der Waals surface area contributed by atoms with Gasteiger partial charge in [-0.05, 0) is 31.1 Å². The number of aliphatic imine (C=N–C) groups is 1. The molecule has 2 unspecified atom stereocenters. The highest BCUT2D eigenvalue weighted by atomic mass is 32.2. The van der Waals surface area contributed by atoms with Crippen molar-refractivity contribution in [3.8, 4) is 0 Å². The molecule has 0 aromatic heterocycles. The smallest absolute Gasteiger partial charge is 0.0450 e.